The Bertz CT molecular complexity index is 640. The highest BCUT2D eigenvalue weighted by Gasteiger charge is 2.30. The van der Waals surface area contributed by atoms with Gasteiger partial charge in [0.15, 0.2) is 0 Å². The molecule has 0 spiro atoms. The highest BCUT2D eigenvalue weighted by molar-refractivity contribution is 5.95. The van der Waals surface area contributed by atoms with E-state index in [0.717, 1.165) is 13.1 Å². The first kappa shape index (κ1) is 21.2. The van der Waals surface area contributed by atoms with Crippen LogP contribution in [-0.4, -0.2) is 48.1 Å². The van der Waals surface area contributed by atoms with Gasteiger partial charge in [0, 0.05) is 35.9 Å². The minimum atomic E-state index is -0.250. The maximum Gasteiger partial charge on any atom is 0.319 e. The molecule has 1 aliphatic rings. The molecule has 3 N–H and O–H groups in total. The number of piperidine rings is 1. The van der Waals surface area contributed by atoms with Crippen molar-refractivity contribution in [2.75, 3.05) is 25.0 Å². The number of benzene rings is 1. The second-order valence-corrected chi connectivity index (χ2v) is 8.52. The van der Waals surface area contributed by atoms with E-state index in [1.165, 1.54) is 12.8 Å². The number of hydrogen-bond acceptors (Lipinski definition) is 3. The van der Waals surface area contributed by atoms with Gasteiger partial charge in [-0.05, 0) is 77.3 Å². The predicted octanol–water partition coefficient (Wildman–Crippen LogP) is 3.46. The van der Waals surface area contributed by atoms with Gasteiger partial charge in [-0.3, -0.25) is 9.69 Å². The summed E-state index contributed by atoms with van der Waals surface area (Å²) in [4.78, 5) is 26.7. The Morgan fingerprint density at radius 1 is 1.22 bits per heavy atom. The van der Waals surface area contributed by atoms with Crippen LogP contribution in [0.2, 0.25) is 0 Å². The third-order valence-corrected chi connectivity index (χ3v) is 5.02. The van der Waals surface area contributed by atoms with Crippen molar-refractivity contribution >= 4 is 17.6 Å². The zero-order valence-corrected chi connectivity index (χ0v) is 17.3. The highest BCUT2D eigenvalue weighted by atomic mass is 16.2. The van der Waals surface area contributed by atoms with Crippen LogP contribution in [0.3, 0.4) is 0 Å². The topological polar surface area (TPSA) is 73.5 Å². The molecule has 6 heteroatoms. The number of nitrogens with one attached hydrogen (secondary N) is 3. The number of urea groups is 1. The average Bonchev–Trinajstić information content (AvgIpc) is 2.59. The van der Waals surface area contributed by atoms with Gasteiger partial charge in [0.05, 0.1) is 0 Å². The molecule has 1 unspecified atom stereocenters. The Hall–Kier alpha value is -2.08. The zero-order valence-electron chi connectivity index (χ0n) is 17.3. The fraction of sp³-hybridized carbons (Fsp3) is 0.619. The zero-order chi connectivity index (χ0) is 20.0. The van der Waals surface area contributed by atoms with E-state index >= 15 is 0 Å². The molecule has 0 radical (unpaired) electrons. The molecular formula is C21H34N4O2. The van der Waals surface area contributed by atoms with Crippen LogP contribution in [0.5, 0.6) is 0 Å². The molecule has 0 aliphatic carbocycles. The van der Waals surface area contributed by atoms with Crippen molar-refractivity contribution in [1.29, 1.82) is 0 Å². The van der Waals surface area contributed by atoms with Crippen LogP contribution >= 0.6 is 0 Å². The van der Waals surface area contributed by atoms with E-state index in [-0.39, 0.29) is 23.5 Å². The highest BCUT2D eigenvalue weighted by Crippen LogP contribution is 2.23. The van der Waals surface area contributed by atoms with Crippen LogP contribution in [0.15, 0.2) is 24.3 Å². The molecule has 150 valence electrons. The Labute approximate surface area is 163 Å². The Morgan fingerprint density at radius 3 is 2.48 bits per heavy atom. The lowest BCUT2D eigenvalue weighted by Crippen LogP contribution is -2.54. The van der Waals surface area contributed by atoms with Gasteiger partial charge in [-0.1, -0.05) is 6.92 Å². The SMILES string of the molecule is CC1CCCN(C(C)(C)CNC(=O)c2ccc(NC(=O)NC(C)C)cc2)C1. The number of nitrogens with zero attached hydrogens (tertiary/aromatic N) is 1. The average molecular weight is 375 g/mol. The minimum Gasteiger partial charge on any atom is -0.350 e. The molecule has 3 amide bonds. The molecule has 0 aromatic heterocycles. The number of anilines is 1. The minimum absolute atomic E-state index is 0.0687. The molecule has 1 saturated heterocycles. The second-order valence-electron chi connectivity index (χ2n) is 8.52. The molecule has 1 atom stereocenters. The lowest BCUT2D eigenvalue weighted by atomic mass is 9.93. The van der Waals surface area contributed by atoms with E-state index in [2.05, 4.69) is 41.6 Å². The smallest absolute Gasteiger partial charge is 0.319 e. The van der Waals surface area contributed by atoms with Crippen LogP contribution in [0.4, 0.5) is 10.5 Å². The number of hydrogen-bond donors (Lipinski definition) is 3. The lowest BCUT2D eigenvalue weighted by Gasteiger charge is -2.43. The second kappa shape index (κ2) is 9.22. The summed E-state index contributed by atoms with van der Waals surface area (Å²) in [6, 6.07) is 6.77. The maximum absolute atomic E-state index is 12.5. The van der Waals surface area contributed by atoms with Crippen molar-refractivity contribution in [3.8, 4) is 0 Å². The molecule has 1 aromatic carbocycles. The van der Waals surface area contributed by atoms with Crippen molar-refractivity contribution < 1.29 is 9.59 Å². The first-order valence-electron chi connectivity index (χ1n) is 9.88. The first-order valence-corrected chi connectivity index (χ1v) is 9.88. The molecule has 0 saturated carbocycles. The van der Waals surface area contributed by atoms with E-state index in [9.17, 15) is 9.59 Å². The van der Waals surface area contributed by atoms with E-state index in [1.54, 1.807) is 24.3 Å². The van der Waals surface area contributed by atoms with Gasteiger partial charge in [0.25, 0.3) is 5.91 Å². The lowest BCUT2D eigenvalue weighted by molar-refractivity contribution is 0.0657. The van der Waals surface area contributed by atoms with Gasteiger partial charge in [-0.2, -0.15) is 0 Å². The quantitative estimate of drug-likeness (QED) is 0.714. The van der Waals surface area contributed by atoms with Crippen molar-refractivity contribution in [3.05, 3.63) is 29.8 Å². The third kappa shape index (κ3) is 6.54. The summed E-state index contributed by atoms with van der Waals surface area (Å²) in [5, 5.41) is 8.58. The van der Waals surface area contributed by atoms with E-state index in [4.69, 9.17) is 0 Å². The Kier molecular flexibility index (Phi) is 7.25. The van der Waals surface area contributed by atoms with Crippen molar-refractivity contribution in [1.82, 2.24) is 15.5 Å². The molecule has 6 nitrogen and oxygen atoms in total. The van der Waals surface area contributed by atoms with Gasteiger partial charge in [-0.25, -0.2) is 4.79 Å². The molecule has 0 bridgehead atoms. The fourth-order valence-electron chi connectivity index (χ4n) is 3.38. The number of carbonyl (C=O) groups is 2. The van der Waals surface area contributed by atoms with Gasteiger partial charge < -0.3 is 16.0 Å². The summed E-state index contributed by atoms with van der Waals surface area (Å²) in [6.45, 7) is 13.2. The van der Waals surface area contributed by atoms with Gasteiger partial charge in [0.2, 0.25) is 0 Å². The molecule has 1 fully saturated rings. The van der Waals surface area contributed by atoms with Gasteiger partial charge in [0.1, 0.15) is 0 Å². The summed E-state index contributed by atoms with van der Waals surface area (Å²) in [5.74, 6) is 0.619. The molecule has 27 heavy (non-hydrogen) atoms. The van der Waals surface area contributed by atoms with Gasteiger partial charge >= 0.3 is 6.03 Å². The molecule has 1 heterocycles. The van der Waals surface area contributed by atoms with Crippen molar-refractivity contribution in [2.24, 2.45) is 5.92 Å². The summed E-state index contributed by atoms with van der Waals surface area (Å²) in [5.41, 5.74) is 1.18. The standard InChI is InChI=1S/C21H34N4O2/c1-15(2)23-20(27)24-18-10-8-17(9-11-18)19(26)22-14-21(4,5)25-12-6-7-16(3)13-25/h8-11,15-16H,6-7,12-14H2,1-5H3,(H,22,26)(H2,23,24,27). The van der Waals surface area contributed by atoms with Crippen molar-refractivity contribution in [2.45, 2.75) is 59.0 Å². The molecular weight excluding hydrogens is 340 g/mol. The molecule has 1 aromatic rings. The Balaban J connectivity index is 1.87. The Morgan fingerprint density at radius 2 is 1.89 bits per heavy atom. The van der Waals surface area contributed by atoms with E-state index in [1.807, 2.05) is 13.8 Å². The predicted molar refractivity (Wildman–Crippen MR) is 110 cm³/mol. The third-order valence-electron chi connectivity index (χ3n) is 5.02. The number of carbonyl (C=O) groups excluding carboxylic acids is 2. The summed E-state index contributed by atoms with van der Waals surface area (Å²) < 4.78 is 0. The number of amides is 3. The normalized spacial score (nSPS) is 18.2. The van der Waals surface area contributed by atoms with Crippen LogP contribution < -0.4 is 16.0 Å². The largest absolute Gasteiger partial charge is 0.350 e. The number of likely N-dealkylation sites (tertiary alicyclic amines) is 1. The first-order chi connectivity index (χ1) is 12.7. The van der Waals surface area contributed by atoms with Crippen molar-refractivity contribution in [3.63, 3.8) is 0 Å². The number of rotatable bonds is 6. The maximum atomic E-state index is 12.5. The summed E-state index contributed by atoms with van der Waals surface area (Å²) >= 11 is 0. The monoisotopic (exact) mass is 374 g/mol. The van der Waals surface area contributed by atoms with Crippen LogP contribution in [-0.2, 0) is 0 Å². The molecule has 1 aliphatic heterocycles. The molecule has 2 rings (SSSR count). The van der Waals surface area contributed by atoms with E-state index < -0.39 is 0 Å². The van der Waals surface area contributed by atoms with Crippen LogP contribution in [0, 0.1) is 5.92 Å². The van der Waals surface area contributed by atoms with Crippen LogP contribution in [0.25, 0.3) is 0 Å². The summed E-state index contributed by atoms with van der Waals surface area (Å²) in [6.07, 6.45) is 2.51. The fourth-order valence-corrected chi connectivity index (χ4v) is 3.38. The van der Waals surface area contributed by atoms with Crippen LogP contribution in [0.1, 0.15) is 57.8 Å². The van der Waals surface area contributed by atoms with E-state index in [0.29, 0.717) is 23.7 Å². The summed E-state index contributed by atoms with van der Waals surface area (Å²) in [7, 11) is 0. The van der Waals surface area contributed by atoms with Gasteiger partial charge in [-0.15, -0.1) is 0 Å².